The lowest BCUT2D eigenvalue weighted by Gasteiger charge is -2.34. The molecule has 5 nitrogen and oxygen atoms in total. The molecule has 0 radical (unpaired) electrons. The fourth-order valence-corrected chi connectivity index (χ4v) is 4.19. The van der Waals surface area contributed by atoms with E-state index in [4.69, 9.17) is 4.52 Å². The van der Waals surface area contributed by atoms with Crippen molar-refractivity contribution in [2.45, 2.75) is 50.4 Å². The molecule has 0 aromatic carbocycles. The van der Waals surface area contributed by atoms with Crippen molar-refractivity contribution in [1.29, 1.82) is 0 Å². The van der Waals surface area contributed by atoms with Crippen molar-refractivity contribution in [2.24, 2.45) is 0 Å². The molecular formula is C15H21ClN4OS. The Morgan fingerprint density at radius 1 is 1.36 bits per heavy atom. The average Bonchev–Trinajstić information content (AvgIpc) is 3.20. The molecule has 0 amide bonds. The minimum Gasteiger partial charge on any atom is -0.338 e. The Labute approximate surface area is 140 Å². The molecule has 2 fully saturated rings. The topological polar surface area (TPSA) is 54.2 Å². The highest BCUT2D eigenvalue weighted by atomic mass is 35.5. The van der Waals surface area contributed by atoms with Gasteiger partial charge in [-0.3, -0.25) is 4.90 Å². The monoisotopic (exact) mass is 340 g/mol. The first kappa shape index (κ1) is 15.9. The summed E-state index contributed by atoms with van der Waals surface area (Å²) in [5.41, 5.74) is 1.04. The Balaban J connectivity index is 0.00000144. The standard InChI is InChI=1S/C15H20N4OS.ClH/c1-19(13-6-11-2-3-12(7-13)16-11)8-14-17-15(18-20-14)10-4-5-21-9-10;/h4-5,9,11-13,16H,2-3,6-8H2,1H3;1H. The van der Waals surface area contributed by atoms with Gasteiger partial charge in [-0.15, -0.1) is 12.4 Å². The number of hydrogen-bond donors (Lipinski definition) is 1. The van der Waals surface area contributed by atoms with Crippen molar-refractivity contribution >= 4 is 23.7 Å². The quantitative estimate of drug-likeness (QED) is 0.927. The third-order valence-electron chi connectivity index (χ3n) is 4.70. The molecule has 2 saturated heterocycles. The van der Waals surface area contributed by atoms with Gasteiger partial charge in [-0.25, -0.2) is 0 Å². The maximum absolute atomic E-state index is 5.41. The lowest BCUT2D eigenvalue weighted by molar-refractivity contribution is 0.150. The zero-order chi connectivity index (χ0) is 14.2. The molecule has 2 aliphatic rings. The molecule has 0 saturated carbocycles. The Morgan fingerprint density at radius 3 is 2.82 bits per heavy atom. The molecule has 0 aliphatic carbocycles. The fourth-order valence-electron chi connectivity index (χ4n) is 3.56. The van der Waals surface area contributed by atoms with Gasteiger partial charge >= 0.3 is 0 Å². The molecule has 120 valence electrons. The summed E-state index contributed by atoms with van der Waals surface area (Å²) in [6.45, 7) is 0.737. The van der Waals surface area contributed by atoms with Crippen LogP contribution in [0.1, 0.15) is 31.6 Å². The summed E-state index contributed by atoms with van der Waals surface area (Å²) < 4.78 is 5.41. The van der Waals surface area contributed by atoms with Crippen LogP contribution < -0.4 is 5.32 Å². The first-order chi connectivity index (χ1) is 10.3. The number of rotatable bonds is 4. The van der Waals surface area contributed by atoms with Crippen LogP contribution in [0, 0.1) is 0 Å². The summed E-state index contributed by atoms with van der Waals surface area (Å²) in [5, 5.41) is 11.8. The molecule has 2 aromatic heterocycles. The number of halogens is 1. The highest BCUT2D eigenvalue weighted by molar-refractivity contribution is 7.08. The molecule has 2 aromatic rings. The van der Waals surface area contributed by atoms with E-state index < -0.39 is 0 Å². The number of hydrogen-bond acceptors (Lipinski definition) is 6. The van der Waals surface area contributed by atoms with Crippen LogP contribution in [0.2, 0.25) is 0 Å². The zero-order valence-electron chi connectivity index (χ0n) is 12.6. The van der Waals surface area contributed by atoms with Crippen LogP contribution in [0.25, 0.3) is 11.4 Å². The third kappa shape index (κ3) is 3.20. The molecule has 4 rings (SSSR count). The number of piperidine rings is 1. The third-order valence-corrected chi connectivity index (χ3v) is 5.39. The molecule has 1 N–H and O–H groups in total. The zero-order valence-corrected chi connectivity index (χ0v) is 14.2. The molecule has 7 heteroatoms. The van der Waals surface area contributed by atoms with Gasteiger partial charge in [-0.05, 0) is 44.2 Å². The smallest absolute Gasteiger partial charge is 0.241 e. The number of thiophene rings is 1. The van der Waals surface area contributed by atoms with Gasteiger partial charge in [0.1, 0.15) is 0 Å². The summed E-state index contributed by atoms with van der Waals surface area (Å²) >= 11 is 1.65. The van der Waals surface area contributed by atoms with Crippen molar-refractivity contribution in [3.8, 4) is 11.4 Å². The van der Waals surface area contributed by atoms with E-state index in [1.54, 1.807) is 11.3 Å². The van der Waals surface area contributed by atoms with Crippen molar-refractivity contribution in [1.82, 2.24) is 20.4 Å². The minimum atomic E-state index is 0. The minimum absolute atomic E-state index is 0. The van der Waals surface area contributed by atoms with E-state index >= 15 is 0 Å². The summed E-state index contributed by atoms with van der Waals surface area (Å²) in [6.07, 6.45) is 5.13. The number of nitrogens with one attached hydrogen (secondary N) is 1. The van der Waals surface area contributed by atoms with Crippen molar-refractivity contribution in [3.05, 3.63) is 22.7 Å². The Hall–Kier alpha value is -0.950. The van der Waals surface area contributed by atoms with Crippen LogP contribution in [0.15, 0.2) is 21.3 Å². The first-order valence-electron chi connectivity index (χ1n) is 7.59. The Kier molecular flexibility index (Phi) is 4.82. The Bertz CT molecular complexity index is 590. The van der Waals surface area contributed by atoms with E-state index in [-0.39, 0.29) is 12.4 Å². The maximum Gasteiger partial charge on any atom is 0.241 e. The summed E-state index contributed by atoms with van der Waals surface area (Å²) in [6, 6.07) is 4.06. The SMILES string of the molecule is CN(Cc1nc(-c2ccsc2)no1)C1CC2CCC(C1)N2.Cl. The van der Waals surface area contributed by atoms with Crippen molar-refractivity contribution in [3.63, 3.8) is 0 Å². The van der Waals surface area contributed by atoms with Crippen LogP contribution in [-0.4, -0.2) is 40.2 Å². The predicted molar refractivity (Wildman–Crippen MR) is 89.3 cm³/mol. The van der Waals surface area contributed by atoms with Gasteiger partial charge < -0.3 is 9.84 Å². The van der Waals surface area contributed by atoms with Gasteiger partial charge in [0.25, 0.3) is 0 Å². The summed E-state index contributed by atoms with van der Waals surface area (Å²) in [7, 11) is 2.17. The molecule has 2 atom stereocenters. The first-order valence-corrected chi connectivity index (χ1v) is 8.53. The van der Waals surface area contributed by atoms with Gasteiger partial charge in [0.2, 0.25) is 11.7 Å². The molecule has 22 heavy (non-hydrogen) atoms. The normalized spacial score (nSPS) is 27.1. The molecular weight excluding hydrogens is 320 g/mol. The Morgan fingerprint density at radius 2 is 2.14 bits per heavy atom. The largest absolute Gasteiger partial charge is 0.338 e. The van der Waals surface area contributed by atoms with E-state index in [1.807, 2.05) is 16.8 Å². The van der Waals surface area contributed by atoms with Gasteiger partial charge in [0, 0.05) is 29.1 Å². The second-order valence-electron chi connectivity index (χ2n) is 6.20. The van der Waals surface area contributed by atoms with E-state index in [0.717, 1.165) is 12.1 Å². The molecule has 2 bridgehead atoms. The lowest BCUT2D eigenvalue weighted by Crippen LogP contribution is -2.46. The average molecular weight is 341 g/mol. The predicted octanol–water partition coefficient (Wildman–Crippen LogP) is 2.93. The number of fused-ring (bicyclic) bond motifs is 2. The van der Waals surface area contributed by atoms with Crippen LogP contribution >= 0.6 is 23.7 Å². The highest BCUT2D eigenvalue weighted by Gasteiger charge is 2.35. The van der Waals surface area contributed by atoms with Crippen LogP contribution in [0.4, 0.5) is 0 Å². The molecule has 0 spiro atoms. The van der Waals surface area contributed by atoms with E-state index in [1.165, 1.54) is 25.7 Å². The summed E-state index contributed by atoms with van der Waals surface area (Å²) in [4.78, 5) is 6.88. The van der Waals surface area contributed by atoms with Crippen LogP contribution in [-0.2, 0) is 6.54 Å². The second kappa shape index (κ2) is 6.66. The number of nitrogens with zero attached hydrogens (tertiary/aromatic N) is 3. The van der Waals surface area contributed by atoms with E-state index in [0.29, 0.717) is 29.8 Å². The van der Waals surface area contributed by atoms with Gasteiger partial charge in [-0.1, -0.05) is 5.16 Å². The lowest BCUT2D eigenvalue weighted by atomic mass is 9.98. The fraction of sp³-hybridized carbons (Fsp3) is 0.600. The van der Waals surface area contributed by atoms with Gasteiger partial charge in [0.15, 0.2) is 0 Å². The molecule has 4 heterocycles. The van der Waals surface area contributed by atoms with Crippen LogP contribution in [0.3, 0.4) is 0 Å². The number of aromatic nitrogens is 2. The highest BCUT2D eigenvalue weighted by Crippen LogP contribution is 2.29. The molecule has 2 aliphatic heterocycles. The second-order valence-corrected chi connectivity index (χ2v) is 6.98. The van der Waals surface area contributed by atoms with Crippen molar-refractivity contribution in [2.75, 3.05) is 7.05 Å². The van der Waals surface area contributed by atoms with Crippen LogP contribution in [0.5, 0.6) is 0 Å². The van der Waals surface area contributed by atoms with Gasteiger partial charge in [0.05, 0.1) is 6.54 Å². The summed E-state index contributed by atoms with van der Waals surface area (Å²) in [5.74, 6) is 1.41. The van der Waals surface area contributed by atoms with Crippen molar-refractivity contribution < 1.29 is 4.52 Å². The molecule has 2 unspecified atom stereocenters. The van der Waals surface area contributed by atoms with Gasteiger partial charge in [-0.2, -0.15) is 16.3 Å². The van der Waals surface area contributed by atoms with E-state index in [2.05, 4.69) is 27.4 Å². The maximum atomic E-state index is 5.41. The van der Waals surface area contributed by atoms with E-state index in [9.17, 15) is 0 Å².